The summed E-state index contributed by atoms with van der Waals surface area (Å²) >= 11 is 0. The summed E-state index contributed by atoms with van der Waals surface area (Å²) in [6.07, 6.45) is -2.33. The van der Waals surface area contributed by atoms with E-state index in [1.807, 2.05) is 0 Å². The van der Waals surface area contributed by atoms with Crippen molar-refractivity contribution in [2.75, 3.05) is 0 Å². The fourth-order valence-corrected chi connectivity index (χ4v) is 3.22. The third-order valence-corrected chi connectivity index (χ3v) is 4.89. The Morgan fingerprint density at radius 1 is 0.659 bits per heavy atom. The summed E-state index contributed by atoms with van der Waals surface area (Å²) in [6, 6.07) is 1.47. The maximum atomic E-state index is 12.9. The molecule has 0 fully saturated rings. The van der Waals surface area contributed by atoms with Crippen molar-refractivity contribution in [2.45, 2.75) is 84.1 Å². The minimum atomic E-state index is -1.40. The molecule has 2 heterocycles. The van der Waals surface area contributed by atoms with E-state index in [1.165, 1.54) is 0 Å². The van der Waals surface area contributed by atoms with Crippen LogP contribution in [-0.2, 0) is 19.1 Å². The Hall–Kier alpha value is -4.76. The van der Waals surface area contributed by atoms with Crippen LogP contribution < -0.4 is 20.3 Å². The topological polar surface area (TPSA) is 220 Å². The molecule has 0 radical (unpaired) electrons. The first-order valence-electron chi connectivity index (χ1n) is 12.5. The molecule has 0 saturated heterocycles. The lowest BCUT2D eigenvalue weighted by atomic mass is 10.1. The number of amides is 2. The van der Waals surface area contributed by atoms with Gasteiger partial charge in [-0.15, -0.1) is 9.46 Å². The highest BCUT2D eigenvalue weighted by Gasteiger charge is 2.31. The number of nitrogens with zero attached hydrogens (tertiary/aromatic N) is 2. The van der Waals surface area contributed by atoms with Crippen LogP contribution in [0.2, 0.25) is 0 Å². The number of hydrogen-bond acceptors (Lipinski definition) is 12. The van der Waals surface area contributed by atoms with Gasteiger partial charge in [0, 0.05) is 24.3 Å². The molecule has 0 bridgehead atoms. The van der Waals surface area contributed by atoms with Gasteiger partial charge in [0.2, 0.25) is 23.5 Å². The molecule has 2 aromatic rings. The molecule has 2 rings (SSSR count). The zero-order valence-corrected chi connectivity index (χ0v) is 23.5. The number of rotatable bonds is 10. The smallest absolute Gasteiger partial charge is 0.408 e. The summed E-state index contributed by atoms with van der Waals surface area (Å²) < 4.78 is 11.2. The average Bonchev–Trinajstić information content (AvgIpc) is 3.30. The molecule has 16 heteroatoms. The molecule has 16 nitrogen and oxygen atoms in total. The highest BCUT2D eigenvalue weighted by Crippen LogP contribution is 2.21. The molecule has 0 aliphatic carbocycles. The Bertz CT molecular complexity index is 1110. The van der Waals surface area contributed by atoms with Crippen LogP contribution in [-0.4, -0.2) is 77.3 Å². The number of carbonyl (C=O) groups is 4. The van der Waals surface area contributed by atoms with Crippen molar-refractivity contribution in [2.24, 2.45) is 0 Å². The Morgan fingerprint density at radius 2 is 0.951 bits per heavy atom. The molecule has 2 aromatic heterocycles. The second-order valence-corrected chi connectivity index (χ2v) is 10.8. The molecule has 0 saturated carbocycles. The Kier molecular flexibility index (Phi) is 10.3. The standard InChI is InChI=1S/C25H36N4O12/c1-24(2,3)38-22(36)26-14(20(34)40-28-16(30)10-11-17(28)31)8-7-9-15(27-23(37)39-25(4,5)6)21(35)41-29-18(32)12-13-19(29)33/h10-15,30-33H,7-9H2,1-6H3,(H,26,36)(H,27,37). The number of nitrogens with one attached hydrogen (secondary N) is 2. The van der Waals surface area contributed by atoms with Crippen LogP contribution in [0.5, 0.6) is 23.5 Å². The molecule has 0 aliphatic rings. The van der Waals surface area contributed by atoms with E-state index in [4.69, 9.17) is 19.1 Å². The molecule has 228 valence electrons. The van der Waals surface area contributed by atoms with Gasteiger partial charge < -0.3 is 50.2 Å². The first-order chi connectivity index (χ1) is 18.9. The second-order valence-electron chi connectivity index (χ2n) is 10.8. The van der Waals surface area contributed by atoms with E-state index in [0.717, 1.165) is 24.3 Å². The van der Waals surface area contributed by atoms with Crippen LogP contribution in [0.1, 0.15) is 60.8 Å². The van der Waals surface area contributed by atoms with E-state index < -0.39 is 70.9 Å². The summed E-state index contributed by atoms with van der Waals surface area (Å²) in [7, 11) is 0. The van der Waals surface area contributed by atoms with Crippen LogP contribution in [0.15, 0.2) is 24.3 Å². The molecule has 0 aliphatic heterocycles. The summed E-state index contributed by atoms with van der Waals surface area (Å²) in [5.41, 5.74) is -1.81. The molecular weight excluding hydrogens is 548 g/mol. The third kappa shape index (κ3) is 10.4. The van der Waals surface area contributed by atoms with Crippen LogP contribution in [0.25, 0.3) is 0 Å². The van der Waals surface area contributed by atoms with E-state index in [-0.39, 0.29) is 19.3 Å². The summed E-state index contributed by atoms with van der Waals surface area (Å²) in [5, 5.41) is 43.8. The van der Waals surface area contributed by atoms with Gasteiger partial charge in [-0.3, -0.25) is 0 Å². The van der Waals surface area contributed by atoms with Crippen molar-refractivity contribution in [1.29, 1.82) is 0 Å². The van der Waals surface area contributed by atoms with Gasteiger partial charge in [-0.1, -0.05) is 0 Å². The molecule has 2 unspecified atom stereocenters. The maximum absolute atomic E-state index is 12.9. The normalized spacial score (nSPS) is 13.0. The van der Waals surface area contributed by atoms with Crippen LogP contribution >= 0.6 is 0 Å². The highest BCUT2D eigenvalue weighted by atomic mass is 16.7. The lowest BCUT2D eigenvalue weighted by Crippen LogP contribution is -2.48. The minimum Gasteiger partial charge on any atom is -0.492 e. The molecule has 2 atom stereocenters. The van der Waals surface area contributed by atoms with Gasteiger partial charge in [-0.2, -0.15) is 0 Å². The molecule has 0 spiro atoms. The van der Waals surface area contributed by atoms with Gasteiger partial charge in [0.25, 0.3) is 0 Å². The van der Waals surface area contributed by atoms with Gasteiger partial charge in [0.05, 0.1) is 0 Å². The largest absolute Gasteiger partial charge is 0.492 e. The summed E-state index contributed by atoms with van der Waals surface area (Å²) in [5.74, 6) is -4.56. The maximum Gasteiger partial charge on any atom is 0.408 e. The van der Waals surface area contributed by atoms with Crippen molar-refractivity contribution in [3.8, 4) is 23.5 Å². The third-order valence-electron chi connectivity index (χ3n) is 4.89. The molecular formula is C25H36N4O12. The van der Waals surface area contributed by atoms with Gasteiger partial charge >= 0.3 is 24.1 Å². The monoisotopic (exact) mass is 584 g/mol. The number of aromatic hydroxyl groups is 4. The molecule has 6 N–H and O–H groups in total. The second kappa shape index (κ2) is 13.1. The Balaban J connectivity index is 2.19. The van der Waals surface area contributed by atoms with Crippen molar-refractivity contribution >= 4 is 24.1 Å². The van der Waals surface area contributed by atoms with Crippen molar-refractivity contribution in [3.05, 3.63) is 24.3 Å². The highest BCUT2D eigenvalue weighted by molar-refractivity contribution is 5.82. The fraction of sp³-hybridized carbons (Fsp3) is 0.520. The SMILES string of the molecule is CC(C)(C)OC(=O)NC(CCCC(NC(=O)OC(C)(C)C)C(=O)On1c(O)ccc1O)C(=O)On1c(O)ccc1O. The molecule has 0 aromatic carbocycles. The number of alkyl carbamates (subject to hydrolysis) is 2. The lowest BCUT2D eigenvalue weighted by molar-refractivity contribution is -0.148. The zero-order chi connectivity index (χ0) is 31.1. The minimum absolute atomic E-state index is 0.0294. The first-order valence-corrected chi connectivity index (χ1v) is 12.5. The van der Waals surface area contributed by atoms with Gasteiger partial charge in [-0.05, 0) is 60.8 Å². The van der Waals surface area contributed by atoms with Crippen molar-refractivity contribution in [3.63, 3.8) is 0 Å². The number of carbonyl (C=O) groups excluding carboxylic acids is 4. The average molecular weight is 585 g/mol. The zero-order valence-electron chi connectivity index (χ0n) is 23.5. The lowest BCUT2D eigenvalue weighted by Gasteiger charge is -2.24. The van der Waals surface area contributed by atoms with E-state index in [9.17, 15) is 39.6 Å². The Labute approximate surface area is 235 Å². The Morgan fingerprint density at radius 3 is 1.22 bits per heavy atom. The summed E-state index contributed by atoms with van der Waals surface area (Å²) in [6.45, 7) is 9.64. The van der Waals surface area contributed by atoms with Gasteiger partial charge in [0.15, 0.2) is 0 Å². The van der Waals surface area contributed by atoms with Crippen molar-refractivity contribution < 1.29 is 58.8 Å². The van der Waals surface area contributed by atoms with E-state index in [1.54, 1.807) is 41.5 Å². The van der Waals surface area contributed by atoms with Crippen LogP contribution in [0, 0.1) is 0 Å². The van der Waals surface area contributed by atoms with Crippen molar-refractivity contribution in [1.82, 2.24) is 20.1 Å². The van der Waals surface area contributed by atoms with E-state index in [0.29, 0.717) is 9.46 Å². The molecule has 41 heavy (non-hydrogen) atoms. The van der Waals surface area contributed by atoms with Gasteiger partial charge in [-0.25, -0.2) is 19.2 Å². The fourth-order valence-electron chi connectivity index (χ4n) is 3.22. The van der Waals surface area contributed by atoms with E-state index >= 15 is 0 Å². The number of aromatic nitrogens is 2. The predicted octanol–water partition coefficient (Wildman–Crippen LogP) is 1.68. The van der Waals surface area contributed by atoms with Crippen LogP contribution in [0.3, 0.4) is 0 Å². The first kappa shape index (κ1) is 32.5. The number of hydrogen-bond donors (Lipinski definition) is 6. The van der Waals surface area contributed by atoms with E-state index in [2.05, 4.69) is 10.6 Å². The quantitative estimate of drug-likeness (QED) is 0.235. The number of ether oxygens (including phenoxy) is 2. The summed E-state index contributed by atoms with van der Waals surface area (Å²) in [4.78, 5) is 60.5. The van der Waals surface area contributed by atoms with Crippen LogP contribution in [0.4, 0.5) is 9.59 Å². The predicted molar refractivity (Wildman–Crippen MR) is 139 cm³/mol. The van der Waals surface area contributed by atoms with Gasteiger partial charge in [0.1, 0.15) is 23.3 Å². The molecule has 2 amide bonds.